The van der Waals surface area contributed by atoms with Crippen molar-refractivity contribution < 1.29 is 13.6 Å². The van der Waals surface area contributed by atoms with E-state index in [0.717, 1.165) is 21.8 Å². The smallest absolute Gasteiger partial charge is 0.277 e. The lowest BCUT2D eigenvalue weighted by molar-refractivity contribution is -0.113. The highest BCUT2D eigenvalue weighted by molar-refractivity contribution is 9.10. The van der Waals surface area contributed by atoms with Gasteiger partial charge in [-0.2, -0.15) is 0 Å². The second-order valence-electron chi connectivity index (χ2n) is 5.15. The van der Waals surface area contributed by atoms with Gasteiger partial charge in [0.15, 0.2) is 0 Å². The van der Waals surface area contributed by atoms with Crippen molar-refractivity contribution in [3.05, 3.63) is 58.3 Å². The van der Waals surface area contributed by atoms with Gasteiger partial charge in [0, 0.05) is 10.2 Å². The van der Waals surface area contributed by atoms with Gasteiger partial charge in [-0.3, -0.25) is 4.79 Å². The molecule has 0 fully saturated rings. The summed E-state index contributed by atoms with van der Waals surface area (Å²) in [7, 11) is 0. The zero-order valence-corrected chi connectivity index (χ0v) is 15.5. The lowest BCUT2D eigenvalue weighted by Crippen LogP contribution is -2.14. The number of anilines is 1. The van der Waals surface area contributed by atoms with Gasteiger partial charge in [0.2, 0.25) is 11.8 Å². The number of benzene rings is 2. The van der Waals surface area contributed by atoms with Crippen LogP contribution < -0.4 is 5.32 Å². The van der Waals surface area contributed by atoms with Gasteiger partial charge in [0.1, 0.15) is 5.82 Å². The first kappa shape index (κ1) is 17.6. The van der Waals surface area contributed by atoms with Crippen LogP contribution in [0.1, 0.15) is 5.56 Å². The Bertz CT molecular complexity index is 916. The average Bonchev–Trinajstić information content (AvgIpc) is 3.05. The van der Waals surface area contributed by atoms with Crippen LogP contribution in [0.4, 0.5) is 10.1 Å². The van der Waals surface area contributed by atoms with Crippen LogP contribution in [0.3, 0.4) is 0 Å². The van der Waals surface area contributed by atoms with Gasteiger partial charge < -0.3 is 9.73 Å². The Hall–Kier alpha value is -2.19. The molecule has 1 N–H and O–H groups in total. The van der Waals surface area contributed by atoms with Crippen molar-refractivity contribution in [2.45, 2.75) is 12.1 Å². The van der Waals surface area contributed by atoms with Crippen molar-refractivity contribution in [3.8, 4) is 11.5 Å². The maximum absolute atomic E-state index is 13.1. The Kier molecular flexibility index (Phi) is 5.50. The molecule has 0 saturated carbocycles. The topological polar surface area (TPSA) is 68.0 Å². The number of aromatic nitrogens is 2. The molecule has 0 aliphatic heterocycles. The zero-order chi connectivity index (χ0) is 17.8. The summed E-state index contributed by atoms with van der Waals surface area (Å²) in [4.78, 5) is 12.0. The van der Waals surface area contributed by atoms with Crippen molar-refractivity contribution in [2.24, 2.45) is 0 Å². The summed E-state index contributed by atoms with van der Waals surface area (Å²) in [6, 6.07) is 11.7. The standard InChI is InChI=1S/C17H13BrFN3O2S/c1-10-8-11(19)6-7-14(10)20-15(23)9-25-17-22-21-16(24-17)12-4-2-3-5-13(12)18/h2-8H,9H2,1H3,(H,20,23). The van der Waals surface area contributed by atoms with Crippen LogP contribution in [-0.4, -0.2) is 21.9 Å². The molecule has 1 aromatic heterocycles. The number of thioether (sulfide) groups is 1. The number of halogens is 2. The molecule has 0 aliphatic carbocycles. The Morgan fingerprint density at radius 2 is 2.08 bits per heavy atom. The van der Waals surface area contributed by atoms with Crippen LogP contribution in [-0.2, 0) is 4.79 Å². The largest absolute Gasteiger partial charge is 0.411 e. The lowest BCUT2D eigenvalue weighted by Gasteiger charge is -2.07. The number of aryl methyl sites for hydroxylation is 1. The molecule has 8 heteroatoms. The van der Waals surface area contributed by atoms with E-state index in [4.69, 9.17) is 4.42 Å². The number of amides is 1. The molecule has 3 aromatic rings. The molecule has 0 atom stereocenters. The second-order valence-corrected chi connectivity index (χ2v) is 6.93. The fourth-order valence-electron chi connectivity index (χ4n) is 2.09. The van der Waals surface area contributed by atoms with E-state index in [0.29, 0.717) is 22.4 Å². The minimum absolute atomic E-state index is 0.106. The van der Waals surface area contributed by atoms with E-state index in [1.54, 1.807) is 6.92 Å². The summed E-state index contributed by atoms with van der Waals surface area (Å²) in [6.45, 7) is 1.73. The molecule has 0 aliphatic rings. The number of nitrogens with one attached hydrogen (secondary N) is 1. The first-order valence-electron chi connectivity index (χ1n) is 7.30. The number of hydrogen-bond donors (Lipinski definition) is 1. The summed E-state index contributed by atoms with van der Waals surface area (Å²) in [6.07, 6.45) is 0. The number of rotatable bonds is 5. The number of carbonyl (C=O) groups excluding carboxylic acids is 1. The third kappa shape index (κ3) is 4.46. The molecular formula is C17H13BrFN3O2S. The Labute approximate surface area is 156 Å². The van der Waals surface area contributed by atoms with Crippen LogP contribution >= 0.6 is 27.7 Å². The third-order valence-electron chi connectivity index (χ3n) is 3.30. The summed E-state index contributed by atoms with van der Waals surface area (Å²) in [5.41, 5.74) is 2.02. The highest BCUT2D eigenvalue weighted by atomic mass is 79.9. The minimum atomic E-state index is -0.338. The molecule has 0 spiro atoms. The van der Waals surface area contributed by atoms with E-state index in [9.17, 15) is 9.18 Å². The molecule has 0 radical (unpaired) electrons. The third-order valence-corrected chi connectivity index (χ3v) is 4.81. The molecular weight excluding hydrogens is 409 g/mol. The van der Waals surface area contributed by atoms with E-state index in [1.165, 1.54) is 18.2 Å². The molecule has 0 saturated heterocycles. The number of hydrogen-bond acceptors (Lipinski definition) is 5. The van der Waals surface area contributed by atoms with Crippen molar-refractivity contribution in [3.63, 3.8) is 0 Å². The van der Waals surface area contributed by atoms with E-state index in [-0.39, 0.29) is 17.5 Å². The lowest BCUT2D eigenvalue weighted by atomic mass is 10.2. The fraction of sp³-hybridized carbons (Fsp3) is 0.118. The summed E-state index contributed by atoms with van der Waals surface area (Å²) >= 11 is 4.56. The van der Waals surface area contributed by atoms with Crippen LogP contribution in [0.15, 0.2) is 56.6 Å². The van der Waals surface area contributed by atoms with Crippen molar-refractivity contribution >= 4 is 39.3 Å². The van der Waals surface area contributed by atoms with Crippen LogP contribution in [0.2, 0.25) is 0 Å². The summed E-state index contributed by atoms with van der Waals surface area (Å²) in [5.74, 6) is -0.0885. The van der Waals surface area contributed by atoms with Crippen molar-refractivity contribution in [1.82, 2.24) is 10.2 Å². The quantitative estimate of drug-likeness (QED) is 0.605. The van der Waals surface area contributed by atoms with Crippen LogP contribution in [0, 0.1) is 12.7 Å². The molecule has 0 bridgehead atoms. The average molecular weight is 422 g/mol. The first-order valence-corrected chi connectivity index (χ1v) is 9.08. The van der Waals surface area contributed by atoms with Crippen molar-refractivity contribution in [2.75, 3.05) is 11.1 Å². The van der Waals surface area contributed by atoms with E-state index >= 15 is 0 Å². The number of carbonyl (C=O) groups is 1. The van der Waals surface area contributed by atoms with Gasteiger partial charge in [0.25, 0.3) is 5.22 Å². The van der Waals surface area contributed by atoms with Crippen molar-refractivity contribution in [1.29, 1.82) is 0 Å². The van der Waals surface area contributed by atoms with E-state index < -0.39 is 0 Å². The molecule has 1 amide bonds. The maximum Gasteiger partial charge on any atom is 0.277 e. The number of nitrogens with zero attached hydrogens (tertiary/aromatic N) is 2. The fourth-order valence-corrected chi connectivity index (χ4v) is 3.11. The molecule has 25 heavy (non-hydrogen) atoms. The molecule has 3 rings (SSSR count). The highest BCUT2D eigenvalue weighted by Crippen LogP contribution is 2.29. The van der Waals surface area contributed by atoms with Gasteiger partial charge in [-0.15, -0.1) is 10.2 Å². The SMILES string of the molecule is Cc1cc(F)ccc1NC(=O)CSc1nnc(-c2ccccc2Br)o1. The van der Waals surface area contributed by atoms with Gasteiger partial charge in [0.05, 0.1) is 11.3 Å². The molecule has 0 unspecified atom stereocenters. The Morgan fingerprint density at radius 1 is 1.28 bits per heavy atom. The maximum atomic E-state index is 13.1. The predicted molar refractivity (Wildman–Crippen MR) is 97.9 cm³/mol. The Balaban J connectivity index is 1.60. The minimum Gasteiger partial charge on any atom is -0.411 e. The molecule has 128 valence electrons. The molecule has 1 heterocycles. The van der Waals surface area contributed by atoms with E-state index in [2.05, 4.69) is 31.4 Å². The highest BCUT2D eigenvalue weighted by Gasteiger charge is 2.13. The molecule has 2 aromatic carbocycles. The van der Waals surface area contributed by atoms with Crippen LogP contribution in [0.5, 0.6) is 0 Å². The summed E-state index contributed by atoms with van der Waals surface area (Å²) < 4.78 is 19.5. The first-order chi connectivity index (χ1) is 12.0. The second kappa shape index (κ2) is 7.79. The van der Waals surface area contributed by atoms with Crippen LogP contribution in [0.25, 0.3) is 11.5 Å². The normalized spacial score (nSPS) is 10.7. The Morgan fingerprint density at radius 3 is 2.84 bits per heavy atom. The summed E-state index contributed by atoms with van der Waals surface area (Å²) in [5, 5.41) is 11.0. The zero-order valence-electron chi connectivity index (χ0n) is 13.1. The molecule has 5 nitrogen and oxygen atoms in total. The van der Waals surface area contributed by atoms with Gasteiger partial charge in [-0.1, -0.05) is 23.9 Å². The monoisotopic (exact) mass is 421 g/mol. The van der Waals surface area contributed by atoms with Gasteiger partial charge >= 0.3 is 0 Å². The van der Waals surface area contributed by atoms with Gasteiger partial charge in [-0.25, -0.2) is 4.39 Å². The van der Waals surface area contributed by atoms with Gasteiger partial charge in [-0.05, 0) is 58.7 Å². The predicted octanol–water partition coefficient (Wildman–Crippen LogP) is 4.68. The van der Waals surface area contributed by atoms with E-state index in [1.807, 2.05) is 24.3 Å².